The predicted molar refractivity (Wildman–Crippen MR) is 107 cm³/mol. The molecule has 2 heterocycles. The molecule has 1 N–H and O–H groups in total. The maximum absolute atomic E-state index is 12.6. The van der Waals surface area contributed by atoms with Gasteiger partial charge in [-0.1, -0.05) is 0 Å². The van der Waals surface area contributed by atoms with Gasteiger partial charge in [0, 0.05) is 49.7 Å². The van der Waals surface area contributed by atoms with Crippen molar-refractivity contribution in [2.45, 2.75) is 19.3 Å². The van der Waals surface area contributed by atoms with Gasteiger partial charge in [0.05, 0.1) is 15.7 Å². The lowest BCUT2D eigenvalue weighted by Gasteiger charge is -2.34. The minimum atomic E-state index is -4.87. The molecule has 0 spiro atoms. The van der Waals surface area contributed by atoms with Crippen LogP contribution in [0.1, 0.15) is 17.3 Å². The molecule has 156 valence electrons. The summed E-state index contributed by atoms with van der Waals surface area (Å²) in [6.07, 6.45) is -3.48. The topological polar surface area (TPSA) is 57.7 Å². The molecule has 0 radical (unpaired) electrons. The van der Waals surface area contributed by atoms with Crippen molar-refractivity contribution in [3.8, 4) is 5.75 Å². The molecule has 1 aliphatic rings. The summed E-state index contributed by atoms with van der Waals surface area (Å²) in [5.41, 5.74) is 0.228. The number of nitrogens with zero attached hydrogens (tertiary/aromatic N) is 3. The fraction of sp³-hybridized carbons (Fsp3) is 0.333. The quantitative estimate of drug-likeness (QED) is 0.642. The molecule has 3 rings (SSSR count). The number of alkyl halides is 3. The molecular weight excluding hydrogens is 477 g/mol. The second-order valence-electron chi connectivity index (χ2n) is 6.40. The summed E-state index contributed by atoms with van der Waals surface area (Å²) >= 11 is 9.06. The van der Waals surface area contributed by atoms with Crippen LogP contribution in [0.15, 0.2) is 41.0 Å². The number of nitrogens with one attached hydrogen (secondary N) is 1. The van der Waals surface area contributed by atoms with Crippen LogP contribution in [0.4, 0.5) is 24.7 Å². The lowest BCUT2D eigenvalue weighted by atomic mass is 10.2. The summed E-state index contributed by atoms with van der Waals surface area (Å²) in [7, 11) is 0. The van der Waals surface area contributed by atoms with Crippen molar-refractivity contribution >= 4 is 45.1 Å². The lowest BCUT2D eigenvalue weighted by molar-refractivity contribution is -0.274. The van der Waals surface area contributed by atoms with Gasteiger partial charge in [-0.15, -0.1) is 13.2 Å². The summed E-state index contributed by atoms with van der Waals surface area (Å²) in [5, 5.41) is 3.29. The Balaban J connectivity index is 1.77. The SMILES string of the molecule is CC1CNCCN1c1ccc(C(=O)N(Cl)c2ccc(Br)c(OC(F)(F)F)c2)cn1. The van der Waals surface area contributed by atoms with E-state index in [4.69, 9.17) is 11.8 Å². The first-order chi connectivity index (χ1) is 13.7. The molecule has 0 saturated carbocycles. The number of carbonyl (C=O) groups is 1. The number of hydrogen-bond donors (Lipinski definition) is 1. The number of anilines is 2. The van der Waals surface area contributed by atoms with Gasteiger partial charge < -0.3 is 15.0 Å². The van der Waals surface area contributed by atoms with Gasteiger partial charge in [0.25, 0.3) is 5.91 Å². The smallest absolute Gasteiger partial charge is 0.405 e. The van der Waals surface area contributed by atoms with Crippen molar-refractivity contribution < 1.29 is 22.7 Å². The number of ether oxygens (including phenoxy) is 1. The van der Waals surface area contributed by atoms with Crippen LogP contribution in [0.5, 0.6) is 5.75 Å². The van der Waals surface area contributed by atoms with E-state index in [1.807, 2.05) is 0 Å². The van der Waals surface area contributed by atoms with Crippen molar-refractivity contribution in [2.75, 3.05) is 29.0 Å². The van der Waals surface area contributed by atoms with Gasteiger partial charge in [-0.25, -0.2) is 9.40 Å². The molecule has 2 aromatic rings. The second kappa shape index (κ2) is 8.76. The zero-order chi connectivity index (χ0) is 21.2. The highest BCUT2D eigenvalue weighted by molar-refractivity contribution is 9.10. The normalized spacial score (nSPS) is 17.2. The fourth-order valence-electron chi connectivity index (χ4n) is 2.91. The van der Waals surface area contributed by atoms with E-state index in [1.165, 1.54) is 18.3 Å². The number of rotatable bonds is 4. The van der Waals surface area contributed by atoms with Crippen molar-refractivity contribution in [2.24, 2.45) is 0 Å². The summed E-state index contributed by atoms with van der Waals surface area (Å²) < 4.78 is 42.3. The molecule has 1 aliphatic heterocycles. The lowest BCUT2D eigenvalue weighted by Crippen LogP contribution is -2.50. The van der Waals surface area contributed by atoms with Gasteiger partial charge in [0.15, 0.2) is 0 Å². The van der Waals surface area contributed by atoms with Crippen LogP contribution >= 0.6 is 27.7 Å². The van der Waals surface area contributed by atoms with E-state index in [0.717, 1.165) is 35.9 Å². The van der Waals surface area contributed by atoms with Gasteiger partial charge in [0.2, 0.25) is 0 Å². The molecule has 1 saturated heterocycles. The number of hydrogen-bond acceptors (Lipinski definition) is 5. The molecule has 0 aliphatic carbocycles. The van der Waals surface area contributed by atoms with Gasteiger partial charge in [-0.2, -0.15) is 0 Å². The number of amides is 1. The Labute approximate surface area is 178 Å². The Morgan fingerprint density at radius 1 is 1.38 bits per heavy atom. The number of piperazine rings is 1. The number of carbonyl (C=O) groups excluding carboxylic acids is 1. The first kappa shape index (κ1) is 21.7. The molecule has 1 unspecified atom stereocenters. The zero-order valence-corrected chi connectivity index (χ0v) is 17.6. The third kappa shape index (κ3) is 5.31. The molecule has 0 bridgehead atoms. The third-order valence-corrected chi connectivity index (χ3v) is 5.34. The number of aromatic nitrogens is 1. The van der Waals surface area contributed by atoms with Crippen molar-refractivity contribution in [3.05, 3.63) is 46.6 Å². The van der Waals surface area contributed by atoms with E-state index in [2.05, 4.69) is 42.8 Å². The van der Waals surface area contributed by atoms with E-state index in [0.29, 0.717) is 0 Å². The van der Waals surface area contributed by atoms with Gasteiger partial charge >= 0.3 is 6.36 Å². The van der Waals surface area contributed by atoms with E-state index in [1.54, 1.807) is 12.1 Å². The standard InChI is InChI=1S/C18H17BrClF3N4O2/c1-11-9-24-6-7-26(11)16-5-2-12(10-25-16)17(28)27(20)13-3-4-14(19)15(8-13)29-18(21,22)23/h2-5,8,10-11,24H,6-7,9H2,1H3. The summed E-state index contributed by atoms with van der Waals surface area (Å²) in [4.78, 5) is 19.1. The Hall–Kier alpha value is -2.04. The van der Waals surface area contributed by atoms with Crippen LogP contribution < -0.4 is 19.4 Å². The largest absolute Gasteiger partial charge is 0.573 e. The molecule has 1 amide bonds. The van der Waals surface area contributed by atoms with E-state index in [-0.39, 0.29) is 21.8 Å². The predicted octanol–water partition coefficient (Wildman–Crippen LogP) is 4.34. The highest BCUT2D eigenvalue weighted by Crippen LogP contribution is 2.35. The maximum atomic E-state index is 12.6. The van der Waals surface area contributed by atoms with Crippen LogP contribution in [-0.4, -0.2) is 42.9 Å². The Bertz CT molecular complexity index is 882. The van der Waals surface area contributed by atoms with E-state index >= 15 is 0 Å². The number of pyridine rings is 1. The average Bonchev–Trinajstić information content (AvgIpc) is 2.68. The molecule has 1 aromatic carbocycles. The molecule has 1 fully saturated rings. The fourth-order valence-corrected chi connectivity index (χ4v) is 3.44. The second-order valence-corrected chi connectivity index (χ2v) is 7.59. The molecule has 11 heteroatoms. The minimum absolute atomic E-state index is 0.0268. The molecule has 29 heavy (non-hydrogen) atoms. The zero-order valence-electron chi connectivity index (χ0n) is 15.2. The van der Waals surface area contributed by atoms with E-state index in [9.17, 15) is 18.0 Å². The van der Waals surface area contributed by atoms with Gasteiger partial charge in [0.1, 0.15) is 11.6 Å². The molecule has 1 aromatic heterocycles. The maximum Gasteiger partial charge on any atom is 0.573 e. The Morgan fingerprint density at radius 3 is 2.76 bits per heavy atom. The number of benzene rings is 1. The first-order valence-electron chi connectivity index (χ1n) is 8.64. The average molecular weight is 494 g/mol. The van der Waals surface area contributed by atoms with Crippen LogP contribution in [0.25, 0.3) is 0 Å². The van der Waals surface area contributed by atoms with Crippen LogP contribution in [0, 0.1) is 0 Å². The van der Waals surface area contributed by atoms with Gasteiger partial charge in [-0.05, 0) is 47.1 Å². The van der Waals surface area contributed by atoms with E-state index < -0.39 is 18.0 Å². The van der Waals surface area contributed by atoms with Crippen molar-refractivity contribution in [1.29, 1.82) is 0 Å². The molecular formula is C18H17BrClF3N4O2. The van der Waals surface area contributed by atoms with Crippen molar-refractivity contribution in [3.63, 3.8) is 0 Å². The Morgan fingerprint density at radius 2 is 2.14 bits per heavy atom. The van der Waals surface area contributed by atoms with Crippen LogP contribution in [0.3, 0.4) is 0 Å². The van der Waals surface area contributed by atoms with Gasteiger partial charge in [-0.3, -0.25) is 4.79 Å². The minimum Gasteiger partial charge on any atom is -0.405 e. The van der Waals surface area contributed by atoms with Crippen LogP contribution in [0.2, 0.25) is 0 Å². The van der Waals surface area contributed by atoms with Crippen molar-refractivity contribution in [1.82, 2.24) is 10.3 Å². The first-order valence-corrected chi connectivity index (χ1v) is 9.78. The summed E-state index contributed by atoms with van der Waals surface area (Å²) in [5.74, 6) is -0.393. The third-order valence-electron chi connectivity index (χ3n) is 4.34. The monoisotopic (exact) mass is 492 g/mol. The Kier molecular flexibility index (Phi) is 6.55. The highest BCUT2D eigenvalue weighted by Gasteiger charge is 2.32. The summed E-state index contributed by atoms with van der Waals surface area (Å²) in [6.45, 7) is 4.54. The highest BCUT2D eigenvalue weighted by atomic mass is 79.9. The molecule has 1 atom stereocenters. The summed E-state index contributed by atoms with van der Waals surface area (Å²) in [6, 6.07) is 7.29. The number of halogens is 5. The van der Waals surface area contributed by atoms with Crippen LogP contribution in [-0.2, 0) is 0 Å². The molecule has 6 nitrogen and oxygen atoms in total.